The van der Waals surface area contributed by atoms with Crippen molar-refractivity contribution in [3.05, 3.63) is 23.3 Å². The zero-order valence-corrected chi connectivity index (χ0v) is 10.4. The quantitative estimate of drug-likeness (QED) is 0.740. The minimum atomic E-state index is -0.106. The summed E-state index contributed by atoms with van der Waals surface area (Å²) in [4.78, 5) is 2.21. The Morgan fingerprint density at radius 3 is 2.44 bits per heavy atom. The Bertz CT molecular complexity index is 304. The third-order valence-corrected chi connectivity index (χ3v) is 3.85. The monoisotopic (exact) mass is 221 g/mol. The average Bonchev–Trinajstić information content (AvgIpc) is 2.26. The van der Waals surface area contributed by atoms with Crippen LogP contribution in [0.2, 0.25) is 0 Å². The zero-order chi connectivity index (χ0) is 11.5. The lowest BCUT2D eigenvalue weighted by molar-refractivity contribution is 0.0886. The summed E-state index contributed by atoms with van der Waals surface area (Å²) in [5.41, 5.74) is 3.12. The van der Waals surface area contributed by atoms with E-state index in [1.54, 1.807) is 5.57 Å². The predicted molar refractivity (Wildman–Crippen MR) is 67.3 cm³/mol. The molecule has 2 aliphatic carbocycles. The van der Waals surface area contributed by atoms with Gasteiger partial charge in [-0.25, -0.2) is 0 Å². The van der Waals surface area contributed by atoms with Crippen LogP contribution in [0.5, 0.6) is 0 Å². The molecular weight excluding hydrogens is 198 g/mol. The maximum absolute atomic E-state index is 10.1. The van der Waals surface area contributed by atoms with Gasteiger partial charge in [0.1, 0.15) is 0 Å². The van der Waals surface area contributed by atoms with Crippen molar-refractivity contribution in [3.63, 3.8) is 0 Å². The molecule has 2 nitrogen and oxygen atoms in total. The average molecular weight is 221 g/mol. The third kappa shape index (κ3) is 2.74. The van der Waals surface area contributed by atoms with Crippen molar-refractivity contribution in [2.75, 3.05) is 20.6 Å². The van der Waals surface area contributed by atoms with E-state index in [0.29, 0.717) is 5.92 Å². The van der Waals surface area contributed by atoms with Crippen molar-refractivity contribution in [2.24, 2.45) is 5.92 Å². The summed E-state index contributed by atoms with van der Waals surface area (Å²) in [5, 5.41) is 10.1. The minimum absolute atomic E-state index is 0.106. The number of allylic oxidation sites excluding steroid dienone is 3. The van der Waals surface area contributed by atoms with E-state index >= 15 is 0 Å². The second-order valence-corrected chi connectivity index (χ2v) is 5.41. The number of rotatable bonds is 3. The summed E-state index contributed by atoms with van der Waals surface area (Å²) in [6.45, 7) is 1.08. The maximum atomic E-state index is 10.1. The van der Waals surface area contributed by atoms with Crippen LogP contribution in [0, 0.1) is 5.92 Å². The van der Waals surface area contributed by atoms with Gasteiger partial charge in [-0.2, -0.15) is 0 Å². The van der Waals surface area contributed by atoms with Crippen LogP contribution < -0.4 is 0 Å². The summed E-state index contributed by atoms with van der Waals surface area (Å²) in [6.07, 6.45) is 9.77. The molecule has 0 aliphatic heterocycles. The lowest BCUT2D eigenvalue weighted by Crippen LogP contribution is -2.29. The van der Waals surface area contributed by atoms with Gasteiger partial charge in [-0.15, -0.1) is 0 Å². The number of aliphatic hydroxyl groups is 1. The van der Waals surface area contributed by atoms with E-state index in [1.165, 1.54) is 5.57 Å². The molecule has 0 aromatic heterocycles. The van der Waals surface area contributed by atoms with Crippen LogP contribution in [0.15, 0.2) is 23.3 Å². The number of hydrogen-bond acceptors (Lipinski definition) is 2. The predicted octanol–water partition coefficient (Wildman–Crippen LogP) is 2.36. The van der Waals surface area contributed by atoms with Crippen molar-refractivity contribution < 1.29 is 5.11 Å². The smallest absolute Gasteiger partial charge is 0.0609 e. The highest BCUT2D eigenvalue weighted by molar-refractivity contribution is 5.27. The second-order valence-electron chi connectivity index (χ2n) is 5.41. The van der Waals surface area contributed by atoms with Crippen LogP contribution in [0.3, 0.4) is 0 Å². The number of aliphatic hydroxyl groups excluding tert-OH is 1. The van der Waals surface area contributed by atoms with Crippen LogP contribution >= 0.6 is 0 Å². The van der Waals surface area contributed by atoms with Crippen molar-refractivity contribution in [2.45, 2.75) is 38.2 Å². The molecule has 0 aromatic rings. The Balaban J connectivity index is 1.95. The molecule has 2 rings (SSSR count). The molecule has 90 valence electrons. The Labute approximate surface area is 98.6 Å². The van der Waals surface area contributed by atoms with Crippen LogP contribution in [0.4, 0.5) is 0 Å². The van der Waals surface area contributed by atoms with E-state index in [4.69, 9.17) is 0 Å². The molecule has 0 spiro atoms. The fourth-order valence-electron chi connectivity index (χ4n) is 2.79. The van der Waals surface area contributed by atoms with Crippen LogP contribution in [0.1, 0.15) is 32.1 Å². The van der Waals surface area contributed by atoms with Gasteiger partial charge >= 0.3 is 0 Å². The minimum Gasteiger partial charge on any atom is -0.392 e. The molecule has 0 fully saturated rings. The van der Waals surface area contributed by atoms with E-state index in [-0.39, 0.29) is 6.10 Å². The summed E-state index contributed by atoms with van der Waals surface area (Å²) in [7, 11) is 4.20. The molecule has 0 heterocycles. The second kappa shape index (κ2) is 5.15. The molecular formula is C14H23NO. The number of hydrogen-bond donors (Lipinski definition) is 1. The normalized spacial score (nSPS) is 29.8. The van der Waals surface area contributed by atoms with Gasteiger partial charge in [0.15, 0.2) is 0 Å². The molecule has 0 bridgehead atoms. The lowest BCUT2D eigenvalue weighted by Gasteiger charge is -2.33. The Kier molecular flexibility index (Phi) is 3.82. The Hall–Kier alpha value is -0.600. The van der Waals surface area contributed by atoms with Crippen LogP contribution in [-0.2, 0) is 0 Å². The molecule has 0 saturated carbocycles. The highest BCUT2D eigenvalue weighted by atomic mass is 16.3. The molecule has 0 amide bonds. The van der Waals surface area contributed by atoms with E-state index in [2.05, 4.69) is 31.1 Å². The van der Waals surface area contributed by atoms with E-state index in [9.17, 15) is 5.11 Å². The van der Waals surface area contributed by atoms with Gasteiger partial charge in [-0.1, -0.05) is 23.3 Å². The van der Waals surface area contributed by atoms with Gasteiger partial charge in [-0.05, 0) is 58.7 Å². The molecule has 0 unspecified atom stereocenters. The first-order valence-corrected chi connectivity index (χ1v) is 6.34. The fourth-order valence-corrected chi connectivity index (χ4v) is 2.79. The molecule has 0 radical (unpaired) electrons. The van der Waals surface area contributed by atoms with Gasteiger partial charge in [-0.3, -0.25) is 0 Å². The topological polar surface area (TPSA) is 23.5 Å². The molecule has 2 aliphatic rings. The van der Waals surface area contributed by atoms with E-state index in [0.717, 1.165) is 38.6 Å². The molecule has 2 heteroatoms. The zero-order valence-electron chi connectivity index (χ0n) is 10.4. The molecule has 0 saturated heterocycles. The van der Waals surface area contributed by atoms with E-state index < -0.39 is 0 Å². The van der Waals surface area contributed by atoms with Gasteiger partial charge in [0.25, 0.3) is 0 Å². The van der Waals surface area contributed by atoms with Crippen molar-refractivity contribution >= 4 is 0 Å². The highest BCUT2D eigenvalue weighted by Gasteiger charge is 2.28. The van der Waals surface area contributed by atoms with E-state index in [1.807, 2.05) is 0 Å². The SMILES string of the molecule is CN(C)CC[C@@H]1CC2=C(CC=CC2)C[C@H]1O. The van der Waals surface area contributed by atoms with Gasteiger partial charge in [0.2, 0.25) is 0 Å². The van der Waals surface area contributed by atoms with Crippen molar-refractivity contribution in [3.8, 4) is 0 Å². The van der Waals surface area contributed by atoms with Gasteiger partial charge in [0.05, 0.1) is 6.10 Å². The Morgan fingerprint density at radius 2 is 1.81 bits per heavy atom. The Morgan fingerprint density at radius 1 is 1.19 bits per heavy atom. The maximum Gasteiger partial charge on any atom is 0.0609 e. The third-order valence-electron chi connectivity index (χ3n) is 3.85. The van der Waals surface area contributed by atoms with Crippen molar-refractivity contribution in [1.82, 2.24) is 4.90 Å². The molecule has 0 aromatic carbocycles. The summed E-state index contributed by atoms with van der Waals surface area (Å²) >= 11 is 0. The number of nitrogens with zero attached hydrogens (tertiary/aromatic N) is 1. The standard InChI is InChI=1S/C14H23NO/c1-15(2)8-7-13-9-11-5-3-4-6-12(11)10-14(13)16/h3-4,13-14,16H,5-10H2,1-2H3/t13-,14-/m1/s1. The van der Waals surface area contributed by atoms with Crippen LogP contribution in [-0.4, -0.2) is 36.8 Å². The molecule has 1 N–H and O–H groups in total. The first-order valence-electron chi connectivity index (χ1n) is 6.34. The van der Waals surface area contributed by atoms with Gasteiger partial charge < -0.3 is 10.0 Å². The summed E-state index contributed by atoms with van der Waals surface area (Å²) < 4.78 is 0. The van der Waals surface area contributed by atoms with Crippen molar-refractivity contribution in [1.29, 1.82) is 0 Å². The fraction of sp³-hybridized carbons (Fsp3) is 0.714. The lowest BCUT2D eigenvalue weighted by atomic mass is 9.76. The first kappa shape index (κ1) is 11.9. The molecule has 2 atom stereocenters. The summed E-state index contributed by atoms with van der Waals surface area (Å²) in [5.74, 6) is 0.479. The highest BCUT2D eigenvalue weighted by Crippen LogP contribution is 2.37. The molecule has 16 heavy (non-hydrogen) atoms. The summed E-state index contributed by atoms with van der Waals surface area (Å²) in [6, 6.07) is 0. The van der Waals surface area contributed by atoms with Gasteiger partial charge in [0, 0.05) is 0 Å². The largest absolute Gasteiger partial charge is 0.392 e. The first-order chi connectivity index (χ1) is 7.66. The van der Waals surface area contributed by atoms with Crippen LogP contribution in [0.25, 0.3) is 0 Å².